The van der Waals surface area contributed by atoms with Crippen molar-refractivity contribution in [3.63, 3.8) is 0 Å². The van der Waals surface area contributed by atoms with Gasteiger partial charge in [-0.05, 0) is 74.6 Å². The van der Waals surface area contributed by atoms with E-state index in [0.717, 1.165) is 28.2 Å². The van der Waals surface area contributed by atoms with Gasteiger partial charge in [0.2, 0.25) is 0 Å². The van der Waals surface area contributed by atoms with E-state index in [1.165, 1.54) is 22.8 Å². The molecule has 0 amide bonds. The Labute approximate surface area is 306 Å². The van der Waals surface area contributed by atoms with E-state index < -0.39 is 7.26 Å². The second kappa shape index (κ2) is 18.5. The molecule has 0 aliphatic heterocycles. The monoisotopic (exact) mass is 714 g/mol. The van der Waals surface area contributed by atoms with Gasteiger partial charge in [0, 0.05) is 11.4 Å². The van der Waals surface area contributed by atoms with E-state index in [1.807, 2.05) is 98.8 Å². The Bertz CT molecular complexity index is 1830. The van der Waals surface area contributed by atoms with Gasteiger partial charge in [0.25, 0.3) is 0 Å². The molecule has 0 saturated carbocycles. The minimum Gasteiger partial charge on any atom is -0.494 e. The third kappa shape index (κ3) is 9.61. The summed E-state index contributed by atoms with van der Waals surface area (Å²) in [7, 11) is -2.69. The maximum absolute atomic E-state index is 11.9. The number of carbonyl (C=O) groups is 1. The molecule has 6 rings (SSSR count). The fraction of sp³-hybridized carbons (Fsp3) is 0.116. The number of benzene rings is 6. The average Bonchev–Trinajstić information content (AvgIpc) is 3.16. The summed E-state index contributed by atoms with van der Waals surface area (Å²) >= 11 is 5.30. The number of nitrogens with one attached hydrogen (secondary N) is 2. The first-order chi connectivity index (χ1) is 24.9. The first-order valence-electron chi connectivity index (χ1n) is 16.9. The van der Waals surface area contributed by atoms with Gasteiger partial charge in [-0.25, -0.2) is 0 Å². The van der Waals surface area contributed by atoms with Crippen LogP contribution in [0.2, 0.25) is 0 Å². The fourth-order valence-corrected chi connectivity index (χ4v) is 11.0. The summed E-state index contributed by atoms with van der Waals surface area (Å²) in [6.07, 6.45) is 0. The van der Waals surface area contributed by atoms with Crippen LogP contribution in [0.15, 0.2) is 164 Å². The van der Waals surface area contributed by atoms with Crippen LogP contribution >= 0.6 is 19.5 Å². The molecule has 6 aromatic rings. The van der Waals surface area contributed by atoms with Crippen LogP contribution in [-0.4, -0.2) is 24.3 Å². The Morgan fingerprint density at radius 1 is 0.549 bits per heavy atom. The maximum atomic E-state index is 11.9. The number of ether oxygens (including phenoxy) is 3. The van der Waals surface area contributed by atoms with Crippen LogP contribution in [0, 0.1) is 0 Å². The fourth-order valence-electron chi connectivity index (χ4n) is 5.95. The van der Waals surface area contributed by atoms with Gasteiger partial charge in [-0.15, -0.1) is 0 Å². The third-order valence-corrected chi connectivity index (χ3v) is 13.0. The molecule has 0 aliphatic carbocycles. The predicted octanol–water partition coefficient (Wildman–Crippen LogP) is 8.26. The molecule has 0 atom stereocenters. The van der Waals surface area contributed by atoms with E-state index in [0.29, 0.717) is 24.1 Å². The Kier molecular flexibility index (Phi) is 13.3. The molecule has 8 heteroatoms. The quantitative estimate of drug-likeness (QED) is 0.0607. The molecule has 51 heavy (non-hydrogen) atoms. The van der Waals surface area contributed by atoms with Gasteiger partial charge in [0.15, 0.2) is 5.11 Å². The van der Waals surface area contributed by atoms with Crippen molar-refractivity contribution in [2.75, 3.05) is 23.8 Å². The molecule has 0 saturated heterocycles. The SMILES string of the molecule is CC(=O)Oc1ccccc1[PH](c1ccccc1)(c1ccccc1)c1ccccc1.CCOc1ccc(NC(=S)Nc2ccc(OCC)cc2)cc1. The molecule has 6 nitrogen and oxygen atoms in total. The van der Waals surface area contributed by atoms with E-state index >= 15 is 0 Å². The molecule has 0 unspecified atom stereocenters. The normalized spacial score (nSPS) is 10.9. The van der Waals surface area contributed by atoms with E-state index in [-0.39, 0.29) is 5.97 Å². The van der Waals surface area contributed by atoms with Crippen molar-refractivity contribution >= 4 is 63.2 Å². The molecule has 260 valence electrons. The summed E-state index contributed by atoms with van der Waals surface area (Å²) in [5, 5.41) is 11.6. The number of hydrogen-bond acceptors (Lipinski definition) is 5. The Morgan fingerprint density at radius 2 is 0.922 bits per heavy atom. The minimum absolute atomic E-state index is 0.311. The smallest absolute Gasteiger partial charge is 0.175 e. The number of esters is 1. The zero-order valence-electron chi connectivity index (χ0n) is 29.0. The summed E-state index contributed by atoms with van der Waals surface area (Å²) < 4.78 is 16.5. The average molecular weight is 715 g/mol. The Balaban J connectivity index is 0.000000206. The van der Waals surface area contributed by atoms with Gasteiger partial charge in [-0.2, -0.15) is 0 Å². The number of carbonyl (C=O) groups excluding carboxylic acids is 1. The Hall–Kier alpha value is -5.49. The summed E-state index contributed by atoms with van der Waals surface area (Å²) in [5.41, 5.74) is 1.82. The van der Waals surface area contributed by atoms with Crippen molar-refractivity contribution in [1.82, 2.24) is 0 Å². The van der Waals surface area contributed by atoms with Crippen molar-refractivity contribution in [2.24, 2.45) is 0 Å². The molecular formula is C43H43N2O4PS. The van der Waals surface area contributed by atoms with Crippen molar-refractivity contribution in [2.45, 2.75) is 20.8 Å². The van der Waals surface area contributed by atoms with Crippen LogP contribution in [-0.2, 0) is 4.79 Å². The van der Waals surface area contributed by atoms with E-state index in [4.69, 9.17) is 26.4 Å². The molecule has 0 spiro atoms. The standard InChI is InChI=1S/C26H23O2P.C17H20N2O2S/c1-21(27)28-25-19-11-12-20-26(25)29(22-13-5-2-6-14-22,23-15-7-3-8-16-23)24-17-9-4-10-18-24;1-3-20-15-9-5-13(6-10-15)18-17(22)19-14-7-11-16(12-8-14)21-4-2/h2-20,29H,1H3;5-12H,3-4H2,1-2H3,(H2,18,19,22). The van der Waals surface area contributed by atoms with Crippen LogP contribution in [0.4, 0.5) is 11.4 Å². The first kappa shape index (κ1) is 36.8. The van der Waals surface area contributed by atoms with Gasteiger partial charge < -0.3 is 20.1 Å². The summed E-state index contributed by atoms with van der Waals surface area (Å²) in [4.78, 5) is 11.9. The van der Waals surface area contributed by atoms with Crippen LogP contribution < -0.4 is 46.1 Å². The van der Waals surface area contributed by atoms with E-state index in [2.05, 4.69) is 89.5 Å². The van der Waals surface area contributed by atoms with Crippen molar-refractivity contribution in [3.8, 4) is 17.2 Å². The minimum atomic E-state index is -2.69. The summed E-state index contributed by atoms with van der Waals surface area (Å²) in [5.74, 6) is 2.01. The van der Waals surface area contributed by atoms with Crippen LogP contribution in [0.25, 0.3) is 0 Å². The van der Waals surface area contributed by atoms with Gasteiger partial charge in [-0.1, -0.05) is 0 Å². The van der Waals surface area contributed by atoms with Crippen molar-refractivity contribution in [1.29, 1.82) is 0 Å². The molecule has 0 bridgehead atoms. The second-order valence-electron chi connectivity index (χ2n) is 11.4. The molecule has 6 aromatic carbocycles. The van der Waals surface area contributed by atoms with Gasteiger partial charge >= 0.3 is 172 Å². The molecule has 0 heterocycles. The van der Waals surface area contributed by atoms with Crippen LogP contribution in [0.1, 0.15) is 20.8 Å². The third-order valence-electron chi connectivity index (χ3n) is 8.01. The molecule has 0 radical (unpaired) electrons. The molecule has 0 aliphatic rings. The Morgan fingerprint density at radius 3 is 1.29 bits per heavy atom. The van der Waals surface area contributed by atoms with Crippen molar-refractivity contribution in [3.05, 3.63) is 164 Å². The van der Waals surface area contributed by atoms with Crippen molar-refractivity contribution < 1.29 is 19.0 Å². The zero-order valence-corrected chi connectivity index (χ0v) is 30.9. The van der Waals surface area contributed by atoms with Gasteiger partial charge in [-0.3, -0.25) is 0 Å². The largest absolute Gasteiger partial charge is 0.494 e. The topological polar surface area (TPSA) is 68.8 Å². The van der Waals surface area contributed by atoms with E-state index in [9.17, 15) is 4.79 Å². The number of rotatable bonds is 11. The molecule has 2 N–H and O–H groups in total. The number of para-hydroxylation sites is 1. The summed E-state index contributed by atoms with van der Waals surface area (Å²) in [6.45, 7) is 6.69. The van der Waals surface area contributed by atoms with Gasteiger partial charge in [0.05, 0.1) is 13.2 Å². The number of hydrogen-bond donors (Lipinski definition) is 2. The number of thiocarbonyl (C=S) groups is 1. The second-order valence-corrected chi connectivity index (χ2v) is 15.6. The van der Waals surface area contributed by atoms with Gasteiger partial charge in [0.1, 0.15) is 11.5 Å². The van der Waals surface area contributed by atoms with E-state index in [1.54, 1.807) is 0 Å². The molecule has 0 aromatic heterocycles. The molecular weight excluding hydrogens is 672 g/mol. The van der Waals surface area contributed by atoms with Crippen LogP contribution in [0.5, 0.6) is 17.2 Å². The predicted molar refractivity (Wildman–Crippen MR) is 219 cm³/mol. The first-order valence-corrected chi connectivity index (χ1v) is 19.3. The number of anilines is 2. The zero-order chi connectivity index (χ0) is 35.9. The molecule has 0 fully saturated rings. The van der Waals surface area contributed by atoms with Crippen LogP contribution in [0.3, 0.4) is 0 Å². The summed E-state index contributed by atoms with van der Waals surface area (Å²) in [6, 6.07) is 55.0. The maximum Gasteiger partial charge on any atom is 0.175 e.